The second kappa shape index (κ2) is 8.09. The van der Waals surface area contributed by atoms with E-state index in [9.17, 15) is 4.79 Å². The lowest BCUT2D eigenvalue weighted by Gasteiger charge is -2.23. The first-order chi connectivity index (χ1) is 11.1. The largest absolute Gasteiger partial charge is 0.321 e. The van der Waals surface area contributed by atoms with E-state index in [1.165, 1.54) is 0 Å². The molecule has 2 N–H and O–H groups in total. The topological polar surface area (TPSA) is 71.8 Å². The number of hydrogen-bond donors (Lipinski definition) is 2. The van der Waals surface area contributed by atoms with Gasteiger partial charge in [-0.2, -0.15) is 0 Å². The molecule has 0 aliphatic carbocycles. The molecular weight excluding hydrogens is 394 g/mol. The van der Waals surface area contributed by atoms with Crippen LogP contribution in [0.3, 0.4) is 0 Å². The number of aromatic nitrogens is 3. The highest BCUT2D eigenvalue weighted by Gasteiger charge is 2.22. The molecule has 8 heteroatoms. The predicted molar refractivity (Wildman–Crippen MR) is 100.0 cm³/mol. The Balaban J connectivity index is 0.00000208. The smallest absolute Gasteiger partial charge is 0.278 e. The first kappa shape index (κ1) is 18.9. The van der Waals surface area contributed by atoms with Crippen LogP contribution in [0.15, 0.2) is 22.7 Å². The van der Waals surface area contributed by atoms with Gasteiger partial charge >= 0.3 is 0 Å². The summed E-state index contributed by atoms with van der Waals surface area (Å²) in [5, 5.41) is 14.5. The second-order valence-corrected chi connectivity index (χ2v) is 6.72. The van der Waals surface area contributed by atoms with Crippen molar-refractivity contribution in [3.8, 4) is 0 Å². The van der Waals surface area contributed by atoms with Gasteiger partial charge in [0, 0.05) is 10.2 Å². The van der Waals surface area contributed by atoms with Gasteiger partial charge in [0.05, 0.1) is 11.7 Å². The average molecular weight is 415 g/mol. The van der Waals surface area contributed by atoms with Crippen molar-refractivity contribution in [2.45, 2.75) is 32.7 Å². The number of aryl methyl sites for hydroxylation is 1. The van der Waals surface area contributed by atoms with Gasteiger partial charge < -0.3 is 10.6 Å². The molecule has 3 rings (SSSR count). The average Bonchev–Trinajstić information content (AvgIpc) is 2.93. The van der Waals surface area contributed by atoms with E-state index in [1.54, 1.807) is 0 Å². The normalized spacial score (nSPS) is 15.0. The van der Waals surface area contributed by atoms with Gasteiger partial charge in [0.15, 0.2) is 5.69 Å². The van der Waals surface area contributed by atoms with E-state index in [2.05, 4.69) is 36.9 Å². The third-order valence-electron chi connectivity index (χ3n) is 4.21. The lowest BCUT2D eigenvalue weighted by atomic mass is 10.1. The minimum Gasteiger partial charge on any atom is -0.321 e. The molecule has 1 aliphatic heterocycles. The third-order valence-corrected chi connectivity index (χ3v) is 5.10. The number of nitrogens with zero attached hydrogens (tertiary/aromatic N) is 3. The molecule has 0 spiro atoms. The standard InChI is InChI=1S/C16H20BrN5O.ClH/c1-10-9-12(3-4-14(10)17)19-16(23)15-11(2)22(21-20-15)13-5-7-18-8-6-13;/h3-4,9,13,18H,5-8H2,1-2H3,(H,19,23);1H. The maximum Gasteiger partial charge on any atom is 0.278 e. The van der Waals surface area contributed by atoms with Crippen LogP contribution in [-0.2, 0) is 0 Å². The zero-order valence-corrected chi connectivity index (χ0v) is 16.1. The summed E-state index contributed by atoms with van der Waals surface area (Å²) in [6, 6.07) is 6.03. The van der Waals surface area contributed by atoms with Crippen LogP contribution >= 0.6 is 28.3 Å². The minimum atomic E-state index is -0.218. The van der Waals surface area contributed by atoms with Gasteiger partial charge in [0.25, 0.3) is 5.91 Å². The van der Waals surface area contributed by atoms with Gasteiger partial charge in [-0.15, -0.1) is 17.5 Å². The molecule has 0 atom stereocenters. The fourth-order valence-electron chi connectivity index (χ4n) is 2.86. The second-order valence-electron chi connectivity index (χ2n) is 5.87. The number of carbonyl (C=O) groups is 1. The molecule has 0 radical (unpaired) electrons. The first-order valence-electron chi connectivity index (χ1n) is 7.76. The Morgan fingerprint density at radius 3 is 2.71 bits per heavy atom. The summed E-state index contributed by atoms with van der Waals surface area (Å²) in [6.45, 7) is 5.84. The summed E-state index contributed by atoms with van der Waals surface area (Å²) in [5.41, 5.74) is 3.04. The SMILES string of the molecule is Cc1cc(NC(=O)c2nnn(C3CCNCC3)c2C)ccc1Br.Cl. The number of nitrogens with one attached hydrogen (secondary N) is 2. The maximum atomic E-state index is 12.5. The molecule has 1 aliphatic rings. The first-order valence-corrected chi connectivity index (χ1v) is 8.55. The molecule has 1 aromatic heterocycles. The van der Waals surface area contributed by atoms with Gasteiger partial charge in [-0.05, 0) is 63.5 Å². The van der Waals surface area contributed by atoms with Crippen molar-refractivity contribution in [2.24, 2.45) is 0 Å². The van der Waals surface area contributed by atoms with E-state index in [0.29, 0.717) is 11.7 Å². The molecular formula is C16H21BrClN5O. The predicted octanol–water partition coefficient (Wildman–Crippen LogP) is 3.26. The number of hydrogen-bond acceptors (Lipinski definition) is 4. The number of carbonyl (C=O) groups excluding carboxylic acids is 1. The van der Waals surface area contributed by atoms with E-state index in [1.807, 2.05) is 36.7 Å². The highest BCUT2D eigenvalue weighted by Crippen LogP contribution is 2.22. The van der Waals surface area contributed by atoms with Crippen molar-refractivity contribution in [3.05, 3.63) is 39.6 Å². The van der Waals surface area contributed by atoms with Gasteiger partial charge in [0.1, 0.15) is 0 Å². The molecule has 1 aromatic carbocycles. The van der Waals surface area contributed by atoms with Crippen LogP contribution in [0.1, 0.15) is 40.6 Å². The summed E-state index contributed by atoms with van der Waals surface area (Å²) < 4.78 is 2.91. The Bertz CT molecular complexity index is 727. The summed E-state index contributed by atoms with van der Waals surface area (Å²) in [5.74, 6) is -0.218. The van der Waals surface area contributed by atoms with E-state index in [-0.39, 0.29) is 18.3 Å². The van der Waals surface area contributed by atoms with E-state index in [4.69, 9.17) is 0 Å². The molecule has 0 bridgehead atoms. The monoisotopic (exact) mass is 413 g/mol. The minimum absolute atomic E-state index is 0. The van der Waals surface area contributed by atoms with Gasteiger partial charge in [0.2, 0.25) is 0 Å². The molecule has 0 unspecified atom stereocenters. The van der Waals surface area contributed by atoms with E-state index < -0.39 is 0 Å². The molecule has 0 saturated carbocycles. The van der Waals surface area contributed by atoms with E-state index in [0.717, 1.165) is 47.3 Å². The number of rotatable bonds is 3. The van der Waals surface area contributed by atoms with Crippen LogP contribution in [0, 0.1) is 13.8 Å². The number of benzene rings is 1. The molecule has 130 valence electrons. The van der Waals surface area contributed by atoms with E-state index >= 15 is 0 Å². The number of amides is 1. The summed E-state index contributed by atoms with van der Waals surface area (Å²) in [6.07, 6.45) is 2.02. The van der Waals surface area contributed by atoms with Gasteiger partial charge in [-0.3, -0.25) is 4.79 Å². The third kappa shape index (κ3) is 3.96. The summed E-state index contributed by atoms with van der Waals surface area (Å²) in [4.78, 5) is 12.5. The van der Waals surface area contributed by atoms with Crippen molar-refractivity contribution in [1.82, 2.24) is 20.3 Å². The van der Waals surface area contributed by atoms with Crippen molar-refractivity contribution in [3.63, 3.8) is 0 Å². The zero-order chi connectivity index (χ0) is 16.4. The van der Waals surface area contributed by atoms with Crippen LogP contribution in [0.5, 0.6) is 0 Å². The molecule has 1 amide bonds. The highest BCUT2D eigenvalue weighted by molar-refractivity contribution is 9.10. The Labute approximate surface area is 155 Å². The molecule has 24 heavy (non-hydrogen) atoms. The molecule has 2 aromatic rings. The quantitative estimate of drug-likeness (QED) is 0.808. The molecule has 6 nitrogen and oxygen atoms in total. The zero-order valence-electron chi connectivity index (χ0n) is 13.7. The number of piperidine rings is 1. The summed E-state index contributed by atoms with van der Waals surface area (Å²) in [7, 11) is 0. The van der Waals surface area contributed by atoms with Crippen LogP contribution < -0.4 is 10.6 Å². The number of halogens is 2. The lowest BCUT2D eigenvalue weighted by Crippen LogP contribution is -2.30. The van der Waals surface area contributed by atoms with Crippen LogP contribution in [0.25, 0.3) is 0 Å². The number of anilines is 1. The van der Waals surface area contributed by atoms with Crippen LogP contribution in [-0.4, -0.2) is 34.0 Å². The van der Waals surface area contributed by atoms with Crippen molar-refractivity contribution in [2.75, 3.05) is 18.4 Å². The fraction of sp³-hybridized carbons (Fsp3) is 0.438. The fourth-order valence-corrected chi connectivity index (χ4v) is 3.11. The Morgan fingerprint density at radius 1 is 1.33 bits per heavy atom. The Hall–Kier alpha value is -1.44. The molecule has 1 saturated heterocycles. The summed E-state index contributed by atoms with van der Waals surface area (Å²) >= 11 is 3.46. The lowest BCUT2D eigenvalue weighted by molar-refractivity contribution is 0.102. The van der Waals surface area contributed by atoms with Crippen LogP contribution in [0.4, 0.5) is 5.69 Å². The van der Waals surface area contributed by atoms with Crippen molar-refractivity contribution in [1.29, 1.82) is 0 Å². The highest BCUT2D eigenvalue weighted by atomic mass is 79.9. The van der Waals surface area contributed by atoms with Crippen molar-refractivity contribution >= 4 is 39.9 Å². The van der Waals surface area contributed by atoms with Crippen molar-refractivity contribution < 1.29 is 4.79 Å². The Kier molecular flexibility index (Phi) is 6.37. The van der Waals surface area contributed by atoms with Gasteiger partial charge in [-0.1, -0.05) is 21.1 Å². The molecule has 1 fully saturated rings. The Morgan fingerprint density at radius 2 is 2.04 bits per heavy atom. The molecule has 2 heterocycles. The van der Waals surface area contributed by atoms with Crippen LogP contribution in [0.2, 0.25) is 0 Å². The maximum absolute atomic E-state index is 12.5. The van der Waals surface area contributed by atoms with Gasteiger partial charge in [-0.25, -0.2) is 4.68 Å².